The lowest BCUT2D eigenvalue weighted by Gasteiger charge is -2.30. The Balaban J connectivity index is 0.000000771. The van der Waals surface area contributed by atoms with E-state index < -0.39 is 0 Å². The number of ether oxygens (including phenoxy) is 1. The van der Waals surface area contributed by atoms with Gasteiger partial charge in [0.05, 0.1) is 13.2 Å². The van der Waals surface area contributed by atoms with Crippen LogP contribution in [0.5, 0.6) is 0 Å². The van der Waals surface area contributed by atoms with Crippen molar-refractivity contribution in [1.82, 2.24) is 10.2 Å². The Morgan fingerprint density at radius 3 is 2.33 bits per heavy atom. The van der Waals surface area contributed by atoms with Crippen molar-refractivity contribution in [3.05, 3.63) is 35.9 Å². The van der Waals surface area contributed by atoms with Crippen molar-refractivity contribution in [3.8, 4) is 0 Å². The van der Waals surface area contributed by atoms with Crippen LogP contribution in [0.2, 0.25) is 0 Å². The maximum Gasteiger partial charge on any atom is 0.0594 e. The third-order valence-corrected chi connectivity index (χ3v) is 3.09. The first-order valence-corrected chi connectivity index (χ1v) is 6.92. The summed E-state index contributed by atoms with van der Waals surface area (Å²) in [6.07, 6.45) is 0. The summed E-state index contributed by atoms with van der Waals surface area (Å²) in [5, 5.41) is 3.38. The first-order valence-electron chi connectivity index (χ1n) is 6.92. The van der Waals surface area contributed by atoms with E-state index in [1.165, 1.54) is 5.56 Å². The third kappa shape index (κ3) is 4.77. The van der Waals surface area contributed by atoms with Crippen molar-refractivity contribution < 1.29 is 4.74 Å². The topological polar surface area (TPSA) is 24.5 Å². The zero-order valence-electron chi connectivity index (χ0n) is 11.9. The molecule has 1 aromatic carbocycles. The minimum absolute atomic E-state index is 0.416. The summed E-state index contributed by atoms with van der Waals surface area (Å²) in [6, 6.07) is 11.0. The van der Waals surface area contributed by atoms with Gasteiger partial charge in [-0.05, 0) is 12.6 Å². The van der Waals surface area contributed by atoms with Crippen LogP contribution in [0.4, 0.5) is 0 Å². The Kier molecular flexibility index (Phi) is 7.65. The molecule has 0 amide bonds. The van der Waals surface area contributed by atoms with E-state index in [2.05, 4.69) is 40.5 Å². The SMILES string of the molecule is CC.CNC(CN1CCOCC1)c1ccccc1. The molecule has 1 unspecified atom stereocenters. The van der Waals surface area contributed by atoms with Gasteiger partial charge in [-0.15, -0.1) is 0 Å². The molecule has 0 radical (unpaired) electrons. The van der Waals surface area contributed by atoms with Gasteiger partial charge in [0, 0.05) is 25.7 Å². The lowest BCUT2D eigenvalue weighted by Crippen LogP contribution is -2.41. The molecular weight excluding hydrogens is 224 g/mol. The first-order chi connectivity index (χ1) is 8.90. The van der Waals surface area contributed by atoms with E-state index in [1.54, 1.807) is 0 Å². The Bertz CT molecular complexity index is 297. The smallest absolute Gasteiger partial charge is 0.0594 e. The lowest BCUT2D eigenvalue weighted by molar-refractivity contribution is 0.0338. The predicted molar refractivity (Wildman–Crippen MR) is 76.8 cm³/mol. The van der Waals surface area contributed by atoms with Gasteiger partial charge in [-0.2, -0.15) is 0 Å². The average molecular weight is 250 g/mol. The molecule has 3 heteroatoms. The second-order valence-electron chi connectivity index (χ2n) is 4.16. The number of morpholine rings is 1. The highest BCUT2D eigenvalue weighted by molar-refractivity contribution is 5.19. The summed E-state index contributed by atoms with van der Waals surface area (Å²) < 4.78 is 5.36. The number of benzene rings is 1. The molecule has 2 rings (SSSR count). The van der Waals surface area contributed by atoms with Crippen LogP contribution < -0.4 is 5.32 Å². The molecule has 0 saturated carbocycles. The zero-order chi connectivity index (χ0) is 13.2. The molecule has 1 aliphatic heterocycles. The number of rotatable bonds is 4. The van der Waals surface area contributed by atoms with Crippen LogP contribution in [0.3, 0.4) is 0 Å². The molecule has 1 heterocycles. The van der Waals surface area contributed by atoms with Gasteiger partial charge in [0.1, 0.15) is 0 Å². The fraction of sp³-hybridized carbons (Fsp3) is 0.600. The van der Waals surface area contributed by atoms with Gasteiger partial charge < -0.3 is 10.1 Å². The van der Waals surface area contributed by atoms with E-state index in [0.717, 1.165) is 32.8 Å². The van der Waals surface area contributed by atoms with Gasteiger partial charge >= 0.3 is 0 Å². The number of nitrogens with one attached hydrogen (secondary N) is 1. The molecular formula is C15H26N2O. The van der Waals surface area contributed by atoms with E-state index in [4.69, 9.17) is 4.74 Å². The van der Waals surface area contributed by atoms with E-state index >= 15 is 0 Å². The van der Waals surface area contributed by atoms with Crippen molar-refractivity contribution in [2.24, 2.45) is 0 Å². The van der Waals surface area contributed by atoms with Gasteiger partial charge in [-0.1, -0.05) is 44.2 Å². The average Bonchev–Trinajstić information content (AvgIpc) is 2.49. The summed E-state index contributed by atoms with van der Waals surface area (Å²) in [5.41, 5.74) is 1.36. The minimum Gasteiger partial charge on any atom is -0.379 e. The Labute approximate surface area is 111 Å². The number of nitrogens with zero attached hydrogens (tertiary/aromatic N) is 1. The first kappa shape index (κ1) is 15.2. The Morgan fingerprint density at radius 1 is 1.17 bits per heavy atom. The number of hydrogen-bond donors (Lipinski definition) is 1. The molecule has 3 nitrogen and oxygen atoms in total. The minimum atomic E-state index is 0.416. The van der Waals surface area contributed by atoms with Crippen molar-refractivity contribution in [2.45, 2.75) is 19.9 Å². The van der Waals surface area contributed by atoms with Crippen LogP contribution in [0.15, 0.2) is 30.3 Å². The summed E-state index contributed by atoms with van der Waals surface area (Å²) >= 11 is 0. The standard InChI is InChI=1S/C13H20N2O.C2H6/c1-14-13(12-5-3-2-4-6-12)11-15-7-9-16-10-8-15;1-2/h2-6,13-14H,7-11H2,1H3;1-2H3. The van der Waals surface area contributed by atoms with Gasteiger partial charge in [0.2, 0.25) is 0 Å². The molecule has 18 heavy (non-hydrogen) atoms. The van der Waals surface area contributed by atoms with Gasteiger partial charge in [-0.25, -0.2) is 0 Å². The normalized spacial score (nSPS) is 17.7. The lowest BCUT2D eigenvalue weighted by atomic mass is 10.1. The number of likely N-dealkylation sites (N-methyl/N-ethyl adjacent to an activating group) is 1. The maximum absolute atomic E-state index is 5.36. The summed E-state index contributed by atoms with van der Waals surface area (Å²) in [6.45, 7) is 8.89. The van der Waals surface area contributed by atoms with Crippen LogP contribution in [0, 0.1) is 0 Å². The molecule has 1 saturated heterocycles. The quantitative estimate of drug-likeness (QED) is 0.887. The Morgan fingerprint density at radius 2 is 1.78 bits per heavy atom. The molecule has 0 aromatic heterocycles. The Hall–Kier alpha value is -0.900. The molecule has 1 aromatic rings. The highest BCUT2D eigenvalue weighted by Gasteiger charge is 2.16. The van der Waals surface area contributed by atoms with Gasteiger partial charge in [0.25, 0.3) is 0 Å². The van der Waals surface area contributed by atoms with Crippen LogP contribution >= 0.6 is 0 Å². The monoisotopic (exact) mass is 250 g/mol. The molecule has 0 bridgehead atoms. The fourth-order valence-corrected chi connectivity index (χ4v) is 2.09. The molecule has 0 aliphatic carbocycles. The summed E-state index contributed by atoms with van der Waals surface area (Å²) in [5.74, 6) is 0. The summed E-state index contributed by atoms with van der Waals surface area (Å²) in [4.78, 5) is 2.46. The highest BCUT2D eigenvalue weighted by Crippen LogP contribution is 2.14. The fourth-order valence-electron chi connectivity index (χ4n) is 2.09. The number of hydrogen-bond acceptors (Lipinski definition) is 3. The molecule has 0 spiro atoms. The highest BCUT2D eigenvalue weighted by atomic mass is 16.5. The van der Waals surface area contributed by atoms with Crippen LogP contribution in [0.25, 0.3) is 0 Å². The van der Waals surface area contributed by atoms with Crippen molar-refractivity contribution >= 4 is 0 Å². The van der Waals surface area contributed by atoms with Gasteiger partial charge in [0.15, 0.2) is 0 Å². The third-order valence-electron chi connectivity index (χ3n) is 3.09. The van der Waals surface area contributed by atoms with Crippen molar-refractivity contribution in [3.63, 3.8) is 0 Å². The van der Waals surface area contributed by atoms with Crippen molar-refractivity contribution in [2.75, 3.05) is 39.9 Å². The zero-order valence-corrected chi connectivity index (χ0v) is 11.9. The van der Waals surface area contributed by atoms with E-state index in [1.807, 2.05) is 20.9 Å². The largest absolute Gasteiger partial charge is 0.379 e. The second-order valence-corrected chi connectivity index (χ2v) is 4.16. The predicted octanol–water partition coefficient (Wildman–Crippen LogP) is 2.31. The molecule has 1 N–H and O–H groups in total. The van der Waals surface area contributed by atoms with Crippen LogP contribution in [-0.2, 0) is 4.74 Å². The van der Waals surface area contributed by atoms with Gasteiger partial charge in [-0.3, -0.25) is 4.90 Å². The van der Waals surface area contributed by atoms with E-state index in [9.17, 15) is 0 Å². The second kappa shape index (κ2) is 9.09. The molecule has 1 atom stereocenters. The van der Waals surface area contributed by atoms with E-state index in [0.29, 0.717) is 6.04 Å². The molecule has 102 valence electrons. The maximum atomic E-state index is 5.36. The van der Waals surface area contributed by atoms with Crippen LogP contribution in [-0.4, -0.2) is 44.8 Å². The van der Waals surface area contributed by atoms with Crippen molar-refractivity contribution in [1.29, 1.82) is 0 Å². The van der Waals surface area contributed by atoms with Crippen LogP contribution in [0.1, 0.15) is 25.5 Å². The van der Waals surface area contributed by atoms with E-state index in [-0.39, 0.29) is 0 Å². The molecule has 1 aliphatic rings. The molecule has 1 fully saturated rings. The summed E-state index contributed by atoms with van der Waals surface area (Å²) in [7, 11) is 2.03.